The number of aromatic nitrogens is 2. The number of hydrogen-bond donors (Lipinski definition) is 0. The van der Waals surface area contributed by atoms with E-state index in [4.69, 9.17) is 30.5 Å². The van der Waals surface area contributed by atoms with Crippen LogP contribution in [-0.2, 0) is 0 Å². The zero-order chi connectivity index (χ0) is 22.0. The number of halogens is 1. The summed E-state index contributed by atoms with van der Waals surface area (Å²) in [5.41, 5.74) is 4.15. The van der Waals surface area contributed by atoms with Gasteiger partial charge in [0, 0.05) is 10.9 Å². The maximum atomic E-state index is 6.28. The molecule has 0 saturated carbocycles. The Labute approximate surface area is 185 Å². The Balaban J connectivity index is 2.00. The normalized spacial score (nSPS) is 10.7. The fourth-order valence-corrected chi connectivity index (χ4v) is 3.77. The topological polar surface area (TPSA) is 62.7 Å². The van der Waals surface area contributed by atoms with Gasteiger partial charge in [0.2, 0.25) is 5.28 Å². The van der Waals surface area contributed by atoms with Crippen LogP contribution in [0.25, 0.3) is 33.3 Å². The van der Waals surface area contributed by atoms with Crippen molar-refractivity contribution in [2.75, 3.05) is 28.4 Å². The first-order chi connectivity index (χ1) is 15.1. The molecule has 0 N–H and O–H groups in total. The summed E-state index contributed by atoms with van der Waals surface area (Å²) < 4.78 is 21.7. The van der Waals surface area contributed by atoms with E-state index in [9.17, 15) is 0 Å². The molecule has 7 heteroatoms. The van der Waals surface area contributed by atoms with Crippen LogP contribution in [0.5, 0.6) is 23.0 Å². The second-order valence-corrected chi connectivity index (χ2v) is 7.02. The molecule has 4 aromatic rings. The van der Waals surface area contributed by atoms with Gasteiger partial charge in [-0.15, -0.1) is 0 Å². The molecule has 1 aromatic heterocycles. The lowest BCUT2D eigenvalue weighted by molar-refractivity contribution is 0.355. The van der Waals surface area contributed by atoms with Crippen LogP contribution in [0.2, 0.25) is 5.28 Å². The third-order valence-electron chi connectivity index (χ3n) is 5.05. The molecular formula is C24H21ClN2O4. The highest BCUT2D eigenvalue weighted by Gasteiger charge is 2.17. The maximum Gasteiger partial charge on any atom is 0.223 e. The van der Waals surface area contributed by atoms with Gasteiger partial charge in [0.15, 0.2) is 23.0 Å². The van der Waals surface area contributed by atoms with E-state index in [1.165, 1.54) is 0 Å². The van der Waals surface area contributed by atoms with Crippen molar-refractivity contribution in [2.45, 2.75) is 0 Å². The van der Waals surface area contributed by atoms with Gasteiger partial charge in [-0.05, 0) is 59.1 Å². The van der Waals surface area contributed by atoms with Gasteiger partial charge in [-0.3, -0.25) is 0 Å². The number of fused-ring (bicyclic) bond motifs is 1. The highest BCUT2D eigenvalue weighted by molar-refractivity contribution is 6.29. The molecule has 0 aliphatic carbocycles. The SMILES string of the molecule is COc1ccc(-c2cccc3nc(Cl)nc(-c4ccc(OC)c(OC)c4)c23)cc1OC. The minimum Gasteiger partial charge on any atom is -0.493 e. The van der Waals surface area contributed by atoms with Gasteiger partial charge in [-0.1, -0.05) is 18.2 Å². The molecule has 31 heavy (non-hydrogen) atoms. The highest BCUT2D eigenvalue weighted by Crippen LogP contribution is 2.40. The molecule has 0 unspecified atom stereocenters. The smallest absolute Gasteiger partial charge is 0.223 e. The lowest BCUT2D eigenvalue weighted by Gasteiger charge is -2.15. The second-order valence-electron chi connectivity index (χ2n) is 6.68. The number of ether oxygens (including phenoxy) is 4. The second kappa shape index (κ2) is 8.70. The van der Waals surface area contributed by atoms with Gasteiger partial charge in [0.25, 0.3) is 0 Å². The summed E-state index contributed by atoms with van der Waals surface area (Å²) >= 11 is 6.28. The Hall–Kier alpha value is -3.51. The van der Waals surface area contributed by atoms with E-state index < -0.39 is 0 Å². The molecule has 0 bridgehead atoms. The first kappa shape index (κ1) is 20.8. The molecule has 6 nitrogen and oxygen atoms in total. The van der Waals surface area contributed by atoms with Crippen LogP contribution in [0.4, 0.5) is 0 Å². The zero-order valence-corrected chi connectivity index (χ0v) is 18.4. The largest absolute Gasteiger partial charge is 0.493 e. The monoisotopic (exact) mass is 436 g/mol. The molecule has 0 aliphatic heterocycles. The van der Waals surface area contributed by atoms with E-state index >= 15 is 0 Å². The Morgan fingerprint density at radius 3 is 1.84 bits per heavy atom. The number of nitrogens with zero attached hydrogens (tertiary/aromatic N) is 2. The zero-order valence-electron chi connectivity index (χ0n) is 17.6. The molecule has 3 aromatic carbocycles. The molecule has 0 amide bonds. The minimum atomic E-state index is 0.168. The quantitative estimate of drug-likeness (QED) is 0.364. The molecule has 0 atom stereocenters. The summed E-state index contributed by atoms with van der Waals surface area (Å²) in [6, 6.07) is 17.3. The fourth-order valence-electron chi connectivity index (χ4n) is 3.59. The van der Waals surface area contributed by atoms with Crippen LogP contribution in [0.15, 0.2) is 54.6 Å². The van der Waals surface area contributed by atoms with Crippen molar-refractivity contribution in [3.05, 3.63) is 59.9 Å². The number of hydrogen-bond acceptors (Lipinski definition) is 6. The Bertz CT molecular complexity index is 1260. The van der Waals surface area contributed by atoms with Crippen molar-refractivity contribution in [1.82, 2.24) is 9.97 Å². The van der Waals surface area contributed by atoms with Crippen LogP contribution in [0, 0.1) is 0 Å². The first-order valence-electron chi connectivity index (χ1n) is 9.50. The maximum absolute atomic E-state index is 6.28. The van der Waals surface area contributed by atoms with Crippen molar-refractivity contribution in [1.29, 1.82) is 0 Å². The average molecular weight is 437 g/mol. The molecule has 158 valence electrons. The van der Waals surface area contributed by atoms with Gasteiger partial charge in [0.1, 0.15) is 0 Å². The van der Waals surface area contributed by atoms with Crippen molar-refractivity contribution < 1.29 is 18.9 Å². The van der Waals surface area contributed by atoms with Crippen molar-refractivity contribution in [3.63, 3.8) is 0 Å². The molecule has 4 rings (SSSR count). The van der Waals surface area contributed by atoms with E-state index in [1.807, 2.05) is 54.6 Å². The number of methoxy groups -OCH3 is 4. The van der Waals surface area contributed by atoms with Gasteiger partial charge in [-0.25, -0.2) is 9.97 Å². The number of rotatable bonds is 6. The fraction of sp³-hybridized carbons (Fsp3) is 0.167. The van der Waals surface area contributed by atoms with Gasteiger partial charge < -0.3 is 18.9 Å². The summed E-state index contributed by atoms with van der Waals surface area (Å²) in [6.07, 6.45) is 0. The Morgan fingerprint density at radius 2 is 1.23 bits per heavy atom. The van der Waals surface area contributed by atoms with Gasteiger partial charge in [0.05, 0.1) is 39.6 Å². The molecule has 0 fully saturated rings. The van der Waals surface area contributed by atoms with E-state index in [1.54, 1.807) is 28.4 Å². The molecule has 0 radical (unpaired) electrons. The first-order valence-corrected chi connectivity index (χ1v) is 9.88. The van der Waals surface area contributed by atoms with E-state index in [-0.39, 0.29) is 5.28 Å². The predicted octanol–water partition coefficient (Wildman–Crippen LogP) is 5.65. The van der Waals surface area contributed by atoms with Crippen molar-refractivity contribution in [2.24, 2.45) is 0 Å². The highest BCUT2D eigenvalue weighted by atomic mass is 35.5. The van der Waals surface area contributed by atoms with Crippen molar-refractivity contribution >= 4 is 22.5 Å². The predicted molar refractivity (Wildman–Crippen MR) is 122 cm³/mol. The summed E-state index contributed by atoms with van der Waals surface area (Å²) in [5.74, 6) is 2.53. The molecular weight excluding hydrogens is 416 g/mol. The van der Waals surface area contributed by atoms with Gasteiger partial charge >= 0.3 is 0 Å². The van der Waals surface area contributed by atoms with E-state index in [0.29, 0.717) is 28.7 Å². The molecule has 1 heterocycles. The van der Waals surface area contributed by atoms with Crippen LogP contribution >= 0.6 is 11.6 Å². The Kier molecular flexibility index (Phi) is 5.82. The van der Waals surface area contributed by atoms with Gasteiger partial charge in [-0.2, -0.15) is 0 Å². The summed E-state index contributed by atoms with van der Waals surface area (Å²) in [4.78, 5) is 9.01. The van der Waals surface area contributed by atoms with Crippen LogP contribution in [0.1, 0.15) is 0 Å². The summed E-state index contributed by atoms with van der Waals surface area (Å²) in [7, 11) is 6.43. The lowest BCUT2D eigenvalue weighted by Crippen LogP contribution is -1.96. The lowest BCUT2D eigenvalue weighted by atomic mass is 9.96. The molecule has 0 spiro atoms. The Morgan fingerprint density at radius 1 is 0.645 bits per heavy atom. The summed E-state index contributed by atoms with van der Waals surface area (Å²) in [6.45, 7) is 0. The van der Waals surface area contributed by atoms with Crippen LogP contribution in [0.3, 0.4) is 0 Å². The number of benzene rings is 3. The summed E-state index contributed by atoms with van der Waals surface area (Å²) in [5, 5.41) is 1.04. The standard InChI is InChI=1S/C24H21ClN2O4/c1-28-18-10-8-14(12-20(18)30-3)16-6-5-7-17-22(16)23(27-24(25)26-17)15-9-11-19(29-2)21(13-15)31-4/h5-13H,1-4H3. The van der Waals surface area contributed by atoms with E-state index in [2.05, 4.69) is 9.97 Å². The molecule has 0 aliphatic rings. The van der Waals surface area contributed by atoms with Crippen molar-refractivity contribution in [3.8, 4) is 45.4 Å². The van der Waals surface area contributed by atoms with E-state index in [0.717, 1.165) is 27.6 Å². The average Bonchev–Trinajstić information content (AvgIpc) is 2.82. The third kappa shape index (κ3) is 3.82. The minimum absolute atomic E-state index is 0.168. The van der Waals surface area contributed by atoms with Crippen LogP contribution in [-0.4, -0.2) is 38.4 Å². The molecule has 0 saturated heterocycles. The van der Waals surface area contributed by atoms with Crippen LogP contribution < -0.4 is 18.9 Å². The third-order valence-corrected chi connectivity index (χ3v) is 5.22.